The van der Waals surface area contributed by atoms with Gasteiger partial charge in [-0.2, -0.15) is 5.26 Å². The molecule has 0 aliphatic rings. The number of esters is 1. The molecule has 0 bridgehead atoms. The summed E-state index contributed by atoms with van der Waals surface area (Å²) < 4.78 is 4.75. The number of thiophene rings is 1. The predicted octanol–water partition coefficient (Wildman–Crippen LogP) is 1.69. The maximum absolute atomic E-state index is 11.4. The number of rotatable bonds is 5. The molecular formula is C11H11NO4S. The van der Waals surface area contributed by atoms with Crippen LogP contribution in [0, 0.1) is 17.2 Å². The van der Waals surface area contributed by atoms with Crippen molar-refractivity contribution in [3.8, 4) is 6.07 Å². The van der Waals surface area contributed by atoms with E-state index >= 15 is 0 Å². The highest BCUT2D eigenvalue weighted by molar-refractivity contribution is 7.13. The molecule has 0 aliphatic carbocycles. The number of carboxylic acid groups (broad SMARTS) is 1. The van der Waals surface area contributed by atoms with Crippen LogP contribution in [0.4, 0.5) is 0 Å². The average molecular weight is 253 g/mol. The first-order valence-electron chi connectivity index (χ1n) is 4.96. The Balaban J connectivity index is 2.71. The van der Waals surface area contributed by atoms with Gasteiger partial charge in [0.25, 0.3) is 0 Å². The predicted molar refractivity (Wildman–Crippen MR) is 60.7 cm³/mol. The van der Waals surface area contributed by atoms with Crippen molar-refractivity contribution in [2.24, 2.45) is 5.92 Å². The van der Waals surface area contributed by atoms with Crippen molar-refractivity contribution in [1.29, 1.82) is 5.26 Å². The zero-order chi connectivity index (χ0) is 12.8. The lowest BCUT2D eigenvalue weighted by atomic mass is 10.1. The molecule has 0 radical (unpaired) electrons. The minimum atomic E-state index is -1.01. The minimum absolute atomic E-state index is 0.188. The number of nitrogens with zero attached hydrogens (tertiary/aromatic N) is 1. The van der Waals surface area contributed by atoms with Gasteiger partial charge in [0.15, 0.2) is 0 Å². The highest BCUT2D eigenvalue weighted by atomic mass is 32.1. The molecule has 90 valence electrons. The van der Waals surface area contributed by atoms with Gasteiger partial charge in [-0.1, -0.05) is 0 Å². The molecule has 6 heteroatoms. The van der Waals surface area contributed by atoms with Crippen molar-refractivity contribution >= 4 is 23.3 Å². The highest BCUT2D eigenvalue weighted by Gasteiger charge is 2.21. The number of hydrogen-bond acceptors (Lipinski definition) is 5. The van der Waals surface area contributed by atoms with Crippen LogP contribution in [-0.2, 0) is 16.0 Å². The molecule has 1 aromatic heterocycles. The molecule has 1 N–H and O–H groups in total. The second kappa shape index (κ2) is 6.01. The molecule has 1 rings (SSSR count). The van der Waals surface area contributed by atoms with Crippen molar-refractivity contribution in [3.63, 3.8) is 0 Å². The molecule has 0 spiro atoms. The Morgan fingerprint density at radius 3 is 2.76 bits per heavy atom. The standard InChI is InChI=1S/C11H11NO4S/c1-2-16-11(15)7(6-12)5-8-3-4-9(17-8)10(13)14/h3-4,7H,2,5H2,1H3,(H,13,14). The van der Waals surface area contributed by atoms with Gasteiger partial charge < -0.3 is 9.84 Å². The number of ether oxygens (including phenoxy) is 1. The normalized spacial score (nSPS) is 11.5. The Bertz CT molecular complexity index is 460. The zero-order valence-corrected chi connectivity index (χ0v) is 9.99. The van der Waals surface area contributed by atoms with Gasteiger partial charge in [-0.15, -0.1) is 11.3 Å². The van der Waals surface area contributed by atoms with E-state index in [4.69, 9.17) is 15.1 Å². The average Bonchev–Trinajstić information content (AvgIpc) is 2.74. The van der Waals surface area contributed by atoms with Crippen molar-refractivity contribution in [1.82, 2.24) is 0 Å². The molecule has 0 fully saturated rings. The van der Waals surface area contributed by atoms with Gasteiger partial charge in [-0.25, -0.2) is 4.79 Å². The molecule has 1 aromatic rings. The molecule has 0 aromatic carbocycles. The Labute approximate surface area is 102 Å². The molecule has 0 saturated carbocycles. The summed E-state index contributed by atoms with van der Waals surface area (Å²) in [6.07, 6.45) is 0.188. The first-order chi connectivity index (χ1) is 8.08. The van der Waals surface area contributed by atoms with Crippen LogP contribution >= 0.6 is 11.3 Å². The van der Waals surface area contributed by atoms with Crippen LogP contribution in [-0.4, -0.2) is 23.7 Å². The summed E-state index contributed by atoms with van der Waals surface area (Å²) in [5, 5.41) is 17.6. The number of carbonyl (C=O) groups excluding carboxylic acids is 1. The van der Waals surface area contributed by atoms with E-state index in [2.05, 4.69) is 0 Å². The molecule has 17 heavy (non-hydrogen) atoms. The summed E-state index contributed by atoms with van der Waals surface area (Å²) in [4.78, 5) is 22.9. The van der Waals surface area contributed by atoms with E-state index in [0.29, 0.717) is 4.88 Å². The summed E-state index contributed by atoms with van der Waals surface area (Å²) in [6, 6.07) is 4.93. The summed E-state index contributed by atoms with van der Waals surface area (Å²) in [5.74, 6) is -2.46. The lowest BCUT2D eigenvalue weighted by molar-refractivity contribution is -0.145. The van der Waals surface area contributed by atoms with Crippen LogP contribution in [0.3, 0.4) is 0 Å². The minimum Gasteiger partial charge on any atom is -0.477 e. The fourth-order valence-corrected chi connectivity index (χ4v) is 2.12. The van der Waals surface area contributed by atoms with Crippen LogP contribution < -0.4 is 0 Å². The first kappa shape index (κ1) is 13.2. The number of carbonyl (C=O) groups is 2. The van der Waals surface area contributed by atoms with Gasteiger partial charge in [0, 0.05) is 11.3 Å². The van der Waals surface area contributed by atoms with E-state index in [1.807, 2.05) is 6.07 Å². The molecule has 0 aliphatic heterocycles. The van der Waals surface area contributed by atoms with E-state index in [-0.39, 0.29) is 17.9 Å². The third-order valence-corrected chi connectivity index (χ3v) is 3.10. The van der Waals surface area contributed by atoms with Crippen molar-refractivity contribution < 1.29 is 19.4 Å². The molecule has 1 atom stereocenters. The summed E-state index contributed by atoms with van der Waals surface area (Å²) in [7, 11) is 0. The Morgan fingerprint density at radius 2 is 2.29 bits per heavy atom. The van der Waals surface area contributed by atoms with Gasteiger partial charge >= 0.3 is 11.9 Å². The molecule has 1 heterocycles. The van der Waals surface area contributed by atoms with Crippen LogP contribution in [0.25, 0.3) is 0 Å². The van der Waals surface area contributed by atoms with Crippen molar-refractivity contribution in [2.75, 3.05) is 6.61 Å². The topological polar surface area (TPSA) is 87.4 Å². The van der Waals surface area contributed by atoms with Gasteiger partial charge in [-0.3, -0.25) is 4.79 Å². The lowest BCUT2D eigenvalue weighted by Crippen LogP contribution is -2.17. The number of hydrogen-bond donors (Lipinski definition) is 1. The highest BCUT2D eigenvalue weighted by Crippen LogP contribution is 2.20. The molecular weight excluding hydrogens is 242 g/mol. The fraction of sp³-hybridized carbons (Fsp3) is 0.364. The number of nitriles is 1. The maximum atomic E-state index is 11.4. The van der Waals surface area contributed by atoms with Crippen LogP contribution in [0.5, 0.6) is 0 Å². The second-order valence-corrected chi connectivity index (χ2v) is 4.38. The molecule has 5 nitrogen and oxygen atoms in total. The fourth-order valence-electron chi connectivity index (χ4n) is 1.23. The van der Waals surface area contributed by atoms with Gasteiger partial charge in [0.1, 0.15) is 10.8 Å². The monoisotopic (exact) mass is 253 g/mol. The quantitative estimate of drug-likeness (QED) is 0.807. The van der Waals surface area contributed by atoms with E-state index in [1.54, 1.807) is 13.0 Å². The molecule has 0 saturated heterocycles. The van der Waals surface area contributed by atoms with Gasteiger partial charge in [0.2, 0.25) is 0 Å². The smallest absolute Gasteiger partial charge is 0.345 e. The number of aromatic carboxylic acids is 1. The summed E-state index contributed by atoms with van der Waals surface area (Å²) >= 11 is 1.06. The number of carboxylic acids is 1. The van der Waals surface area contributed by atoms with Crippen LogP contribution in [0.1, 0.15) is 21.5 Å². The van der Waals surface area contributed by atoms with E-state index in [0.717, 1.165) is 11.3 Å². The summed E-state index contributed by atoms with van der Waals surface area (Å²) in [5.41, 5.74) is 0. The maximum Gasteiger partial charge on any atom is 0.345 e. The van der Waals surface area contributed by atoms with Crippen molar-refractivity contribution in [2.45, 2.75) is 13.3 Å². The van der Waals surface area contributed by atoms with Crippen molar-refractivity contribution in [3.05, 3.63) is 21.9 Å². The zero-order valence-electron chi connectivity index (χ0n) is 9.17. The van der Waals surface area contributed by atoms with E-state index in [9.17, 15) is 9.59 Å². The van der Waals surface area contributed by atoms with E-state index in [1.165, 1.54) is 6.07 Å². The van der Waals surface area contributed by atoms with Gasteiger partial charge in [0.05, 0.1) is 12.7 Å². The summed E-state index contributed by atoms with van der Waals surface area (Å²) in [6.45, 7) is 1.89. The Hall–Kier alpha value is -1.87. The van der Waals surface area contributed by atoms with Crippen LogP contribution in [0.15, 0.2) is 12.1 Å². The third kappa shape index (κ3) is 3.57. The van der Waals surface area contributed by atoms with Gasteiger partial charge in [-0.05, 0) is 19.1 Å². The Morgan fingerprint density at radius 1 is 1.59 bits per heavy atom. The Kier molecular flexibility index (Phi) is 4.67. The largest absolute Gasteiger partial charge is 0.477 e. The second-order valence-electron chi connectivity index (χ2n) is 3.21. The third-order valence-electron chi connectivity index (χ3n) is 2.00. The van der Waals surface area contributed by atoms with Crippen LogP contribution in [0.2, 0.25) is 0 Å². The molecule has 1 unspecified atom stereocenters. The van der Waals surface area contributed by atoms with E-state index < -0.39 is 17.9 Å². The lowest BCUT2D eigenvalue weighted by Gasteiger charge is -2.06. The SMILES string of the molecule is CCOC(=O)C(C#N)Cc1ccc(C(=O)O)s1. The first-order valence-corrected chi connectivity index (χ1v) is 5.78. The molecule has 0 amide bonds.